The van der Waals surface area contributed by atoms with Crippen LogP contribution in [0.25, 0.3) is 22.0 Å². The maximum absolute atomic E-state index is 13.7. The molecule has 4 nitrogen and oxygen atoms in total. The third-order valence-electron chi connectivity index (χ3n) is 4.45. The summed E-state index contributed by atoms with van der Waals surface area (Å²) in [5, 5.41) is 0.888. The molecule has 0 unspecified atom stereocenters. The first-order chi connectivity index (χ1) is 13.2. The molecule has 0 aliphatic carbocycles. The van der Waals surface area contributed by atoms with Gasteiger partial charge in [0.15, 0.2) is 0 Å². The smallest absolute Gasteiger partial charge is 0.269 e. The minimum absolute atomic E-state index is 0.0289. The molecule has 28 heavy (non-hydrogen) atoms. The van der Waals surface area contributed by atoms with Gasteiger partial charge >= 0.3 is 0 Å². The fourth-order valence-electron chi connectivity index (χ4n) is 3.42. The predicted molar refractivity (Wildman–Crippen MR) is 107 cm³/mol. The maximum atomic E-state index is 13.7. The lowest BCUT2D eigenvalue weighted by molar-refractivity contribution is 0.140. The summed E-state index contributed by atoms with van der Waals surface area (Å²) in [6.07, 6.45) is 1.27. The number of pyridine rings is 2. The van der Waals surface area contributed by atoms with Crippen molar-refractivity contribution in [2.45, 2.75) is 39.2 Å². The molecule has 0 radical (unpaired) electrons. The van der Waals surface area contributed by atoms with Crippen LogP contribution in [-0.2, 0) is 0 Å². The number of fused-ring (bicyclic) bond motifs is 1. The summed E-state index contributed by atoms with van der Waals surface area (Å²) in [5.74, 6) is 0.0925. The summed E-state index contributed by atoms with van der Waals surface area (Å²) in [6, 6.07) is 10.8. The standard InChI is InChI=1S/C22H25F2N3O/c1-14(11-22(2,3)25)13-28-21-18(20(23)24)10-15(12-27-21)16-8-9-26-19-7-5-4-6-17(16)19/h4-10,12,14,20H,11,13,25H2,1-3H3/t14-/m0/s1. The first kappa shape index (κ1) is 20.1. The number of nitrogens with zero attached hydrogens (tertiary/aromatic N) is 2. The van der Waals surface area contributed by atoms with Crippen LogP contribution in [0, 0.1) is 5.92 Å². The van der Waals surface area contributed by atoms with Crippen LogP contribution in [0.5, 0.6) is 5.88 Å². The first-order valence-electron chi connectivity index (χ1n) is 9.28. The highest BCUT2D eigenvalue weighted by Gasteiger charge is 2.20. The molecule has 1 aromatic carbocycles. The van der Waals surface area contributed by atoms with Gasteiger partial charge in [-0.05, 0) is 49.9 Å². The number of benzene rings is 1. The van der Waals surface area contributed by atoms with Crippen molar-refractivity contribution in [3.05, 3.63) is 54.4 Å². The Morgan fingerprint density at radius 3 is 2.61 bits per heavy atom. The van der Waals surface area contributed by atoms with Gasteiger partial charge in [-0.25, -0.2) is 13.8 Å². The molecule has 0 aliphatic rings. The maximum Gasteiger partial charge on any atom is 0.269 e. The summed E-state index contributed by atoms with van der Waals surface area (Å²) in [6.45, 7) is 6.12. The molecule has 2 N–H and O–H groups in total. The Hall–Kier alpha value is -2.60. The van der Waals surface area contributed by atoms with Gasteiger partial charge < -0.3 is 10.5 Å². The zero-order valence-corrected chi connectivity index (χ0v) is 16.3. The molecule has 3 aromatic rings. The fraction of sp³-hybridized carbons (Fsp3) is 0.364. The van der Waals surface area contributed by atoms with E-state index < -0.39 is 6.43 Å². The van der Waals surface area contributed by atoms with E-state index >= 15 is 0 Å². The number of nitrogens with two attached hydrogens (primary N) is 1. The molecule has 0 spiro atoms. The summed E-state index contributed by atoms with van der Waals surface area (Å²) >= 11 is 0. The highest BCUT2D eigenvalue weighted by molar-refractivity contribution is 5.94. The first-order valence-corrected chi connectivity index (χ1v) is 9.28. The number of hydrogen-bond donors (Lipinski definition) is 1. The van der Waals surface area contributed by atoms with Crippen LogP contribution in [0.4, 0.5) is 8.78 Å². The van der Waals surface area contributed by atoms with Crippen molar-refractivity contribution in [3.63, 3.8) is 0 Å². The van der Waals surface area contributed by atoms with Gasteiger partial charge in [0.25, 0.3) is 6.43 Å². The molecule has 2 aromatic heterocycles. The average Bonchev–Trinajstić information content (AvgIpc) is 2.64. The second-order valence-electron chi connectivity index (χ2n) is 7.90. The topological polar surface area (TPSA) is 61.0 Å². The molecule has 1 atom stereocenters. The van der Waals surface area contributed by atoms with Gasteiger partial charge in [-0.2, -0.15) is 0 Å². The minimum Gasteiger partial charge on any atom is -0.477 e. The van der Waals surface area contributed by atoms with E-state index in [1.54, 1.807) is 18.5 Å². The molecule has 148 valence electrons. The lowest BCUT2D eigenvalue weighted by Gasteiger charge is -2.23. The van der Waals surface area contributed by atoms with E-state index in [0.717, 1.165) is 22.9 Å². The molecule has 0 aliphatic heterocycles. The normalized spacial score (nSPS) is 13.1. The van der Waals surface area contributed by atoms with Crippen LogP contribution in [0.1, 0.15) is 39.2 Å². The van der Waals surface area contributed by atoms with Crippen molar-refractivity contribution in [1.29, 1.82) is 0 Å². The Morgan fingerprint density at radius 2 is 1.89 bits per heavy atom. The monoisotopic (exact) mass is 385 g/mol. The summed E-state index contributed by atoms with van der Waals surface area (Å²) < 4.78 is 33.0. The van der Waals surface area contributed by atoms with Crippen LogP contribution in [0.15, 0.2) is 48.8 Å². The summed E-state index contributed by atoms with van der Waals surface area (Å²) in [4.78, 5) is 8.51. The molecule has 0 saturated heterocycles. The molecular formula is C22H25F2N3O. The second kappa shape index (κ2) is 8.19. The Bertz CT molecular complexity index is 949. The number of hydrogen-bond acceptors (Lipinski definition) is 4. The van der Waals surface area contributed by atoms with Crippen LogP contribution in [-0.4, -0.2) is 22.1 Å². The number of para-hydroxylation sites is 1. The predicted octanol–water partition coefficient (Wildman–Crippen LogP) is 5.38. The Kier molecular flexibility index (Phi) is 5.89. The molecule has 3 rings (SSSR count). The van der Waals surface area contributed by atoms with Gasteiger partial charge in [0.1, 0.15) is 0 Å². The number of halogens is 2. The van der Waals surface area contributed by atoms with E-state index in [4.69, 9.17) is 10.5 Å². The van der Waals surface area contributed by atoms with E-state index in [-0.39, 0.29) is 29.5 Å². The third kappa shape index (κ3) is 4.81. The van der Waals surface area contributed by atoms with E-state index in [0.29, 0.717) is 5.56 Å². The van der Waals surface area contributed by atoms with Gasteiger partial charge in [-0.15, -0.1) is 0 Å². The van der Waals surface area contributed by atoms with Gasteiger partial charge in [0.2, 0.25) is 5.88 Å². The fourth-order valence-corrected chi connectivity index (χ4v) is 3.42. The van der Waals surface area contributed by atoms with E-state index in [1.807, 2.05) is 45.0 Å². The van der Waals surface area contributed by atoms with Crippen molar-refractivity contribution in [3.8, 4) is 17.0 Å². The molecular weight excluding hydrogens is 360 g/mol. The summed E-state index contributed by atoms with van der Waals surface area (Å²) in [5.41, 5.74) is 7.69. The van der Waals surface area contributed by atoms with Gasteiger partial charge in [-0.3, -0.25) is 4.98 Å². The van der Waals surface area contributed by atoms with Crippen molar-refractivity contribution in [1.82, 2.24) is 9.97 Å². The summed E-state index contributed by atoms with van der Waals surface area (Å²) in [7, 11) is 0. The van der Waals surface area contributed by atoms with Crippen LogP contribution in [0.2, 0.25) is 0 Å². The van der Waals surface area contributed by atoms with E-state index in [9.17, 15) is 8.78 Å². The van der Waals surface area contributed by atoms with Crippen LogP contribution < -0.4 is 10.5 Å². The Morgan fingerprint density at radius 1 is 1.14 bits per heavy atom. The number of rotatable bonds is 7. The lowest BCUT2D eigenvalue weighted by Crippen LogP contribution is -2.35. The van der Waals surface area contributed by atoms with Crippen molar-refractivity contribution >= 4 is 10.9 Å². The highest BCUT2D eigenvalue weighted by Crippen LogP contribution is 2.34. The third-order valence-corrected chi connectivity index (χ3v) is 4.45. The van der Waals surface area contributed by atoms with E-state index in [1.165, 1.54) is 6.07 Å². The van der Waals surface area contributed by atoms with Gasteiger partial charge in [0.05, 0.1) is 17.7 Å². The largest absolute Gasteiger partial charge is 0.477 e. The van der Waals surface area contributed by atoms with E-state index in [2.05, 4.69) is 9.97 Å². The van der Waals surface area contributed by atoms with Crippen molar-refractivity contribution in [2.24, 2.45) is 11.7 Å². The lowest BCUT2D eigenvalue weighted by atomic mass is 9.93. The number of ether oxygens (including phenoxy) is 1. The molecule has 0 fully saturated rings. The number of aromatic nitrogens is 2. The Balaban J connectivity index is 1.89. The number of alkyl halides is 2. The second-order valence-corrected chi connectivity index (χ2v) is 7.90. The molecule has 0 amide bonds. The minimum atomic E-state index is -2.68. The SMILES string of the molecule is C[C@H](COc1ncc(-c2ccnc3ccccc23)cc1C(F)F)CC(C)(C)N. The molecule has 6 heteroatoms. The quantitative estimate of drug-likeness (QED) is 0.593. The zero-order chi connectivity index (χ0) is 20.3. The van der Waals surface area contributed by atoms with Gasteiger partial charge in [0, 0.05) is 28.9 Å². The zero-order valence-electron chi connectivity index (χ0n) is 16.3. The molecule has 2 heterocycles. The van der Waals surface area contributed by atoms with Crippen molar-refractivity contribution in [2.75, 3.05) is 6.61 Å². The average molecular weight is 385 g/mol. The molecule has 0 saturated carbocycles. The van der Waals surface area contributed by atoms with Crippen molar-refractivity contribution < 1.29 is 13.5 Å². The van der Waals surface area contributed by atoms with Crippen LogP contribution in [0.3, 0.4) is 0 Å². The Labute approximate surface area is 163 Å². The molecule has 0 bridgehead atoms. The van der Waals surface area contributed by atoms with Crippen LogP contribution >= 0.6 is 0 Å². The van der Waals surface area contributed by atoms with Gasteiger partial charge in [-0.1, -0.05) is 25.1 Å². The highest BCUT2D eigenvalue weighted by atomic mass is 19.3.